The Morgan fingerprint density at radius 2 is 0.750 bits per heavy atom. The van der Waals surface area contributed by atoms with Gasteiger partial charge >= 0.3 is 63.1 Å². The number of rotatable bonds is 3. The molecule has 0 bridgehead atoms. The third-order valence-corrected chi connectivity index (χ3v) is 0.671. The Bertz CT molecular complexity index is 155. The van der Waals surface area contributed by atoms with Crippen LogP contribution >= 0.6 is 0 Å². The molecule has 0 radical (unpaired) electrons. The number of hydrogen-bond acceptors (Lipinski definition) is 12. The fourth-order valence-electron chi connectivity index (χ4n) is 0. The average molecular weight is 418 g/mol. The Kier molecular flexibility index (Phi) is 31.7. The molecule has 0 atom stereocenters. The van der Waals surface area contributed by atoms with E-state index >= 15 is 0 Å². The molecule has 0 aliphatic carbocycles. The summed E-state index contributed by atoms with van der Waals surface area (Å²) in [6.07, 6.45) is 0. The van der Waals surface area contributed by atoms with Crippen LogP contribution in [-0.4, -0.2) is 43.3 Å². The third kappa shape index (κ3) is 66.3. The molecular weight excluding hydrogens is 415 g/mol. The molecule has 0 unspecified atom stereocenters. The van der Waals surface area contributed by atoms with Crippen molar-refractivity contribution in [2.45, 2.75) is 0 Å². The topological polar surface area (TPSA) is 209 Å². The van der Waals surface area contributed by atoms with Crippen LogP contribution in [0.5, 0.6) is 0 Å². The van der Waals surface area contributed by atoms with E-state index in [0.717, 1.165) is 0 Å². The molecule has 3 N–H and O–H groups in total. The van der Waals surface area contributed by atoms with Gasteiger partial charge in [-0.3, -0.25) is 15.8 Å². The van der Waals surface area contributed by atoms with E-state index in [1.165, 1.54) is 0 Å². The maximum atomic E-state index is 8.97. The molecule has 0 amide bonds. The van der Waals surface area contributed by atoms with Crippen LogP contribution in [-0.2, 0) is 27.1 Å². The Morgan fingerprint density at radius 1 is 0.688 bits per heavy atom. The van der Waals surface area contributed by atoms with Gasteiger partial charge in [-0.15, -0.1) is 0 Å². The second kappa shape index (κ2) is 20.4. The summed E-state index contributed by atoms with van der Waals surface area (Å²) in [6.45, 7) is 0. The van der Waals surface area contributed by atoms with Crippen molar-refractivity contribution >= 4 is 27.5 Å². The van der Waals surface area contributed by atoms with Gasteiger partial charge in [-0.05, 0) is 0 Å². The summed E-state index contributed by atoms with van der Waals surface area (Å²) in [7, 11) is -9.96. The van der Waals surface area contributed by atoms with Gasteiger partial charge in [0.05, 0.1) is 0 Å². The van der Waals surface area contributed by atoms with Gasteiger partial charge < -0.3 is 41.5 Å². The zero-order valence-corrected chi connectivity index (χ0v) is 13.7. The quantitative estimate of drug-likeness (QED) is 0.223. The minimum Gasteiger partial charge on any atom is -0.478 e. The van der Waals surface area contributed by atoms with Crippen LogP contribution in [0, 0.1) is 35.6 Å². The first-order chi connectivity index (χ1) is 6.81. The van der Waals surface area contributed by atoms with Gasteiger partial charge in [0.1, 0.15) is 0 Å². The Labute approximate surface area is 120 Å². The van der Waals surface area contributed by atoms with Crippen LogP contribution < -0.4 is 14.4 Å². The molecule has 0 aliphatic rings. The first-order valence-electron chi connectivity index (χ1n) is 2.38. The van der Waals surface area contributed by atoms with Crippen LogP contribution in [0.3, 0.4) is 0 Å². The summed E-state index contributed by atoms with van der Waals surface area (Å²) in [5.74, 6) is 0. The summed E-state index contributed by atoms with van der Waals surface area (Å²) < 4.78 is 35.1. The molecule has 16 heteroatoms. The Morgan fingerprint density at radius 3 is 0.750 bits per heavy atom. The van der Waals surface area contributed by atoms with Crippen LogP contribution in [0.25, 0.3) is 0 Å². The fourth-order valence-corrected chi connectivity index (χ4v) is 0. The van der Waals surface area contributed by atoms with E-state index in [0.29, 0.717) is 0 Å². The average Bonchev–Trinajstić information content (AvgIpc) is 2.19. The zero-order chi connectivity index (χ0) is 12.9. The van der Waals surface area contributed by atoms with E-state index in [1.54, 1.807) is 0 Å². The second-order valence-electron chi connectivity index (χ2n) is 1.02. The molecule has 0 aromatic heterocycles. The molecule has 0 saturated carbocycles. The zero-order valence-electron chi connectivity index (χ0n) is 7.09. The standard InChI is InChI=1S/La.3HO4Si/c;3*1-4-5(2)3/h;3*1H/q+3;3*-1. The molecule has 12 nitrogen and oxygen atoms in total. The second-order valence-corrected chi connectivity index (χ2v) is 3.07. The molecule has 0 aromatic carbocycles. The van der Waals surface area contributed by atoms with E-state index in [4.69, 9.17) is 43.5 Å². The van der Waals surface area contributed by atoms with Crippen LogP contribution in [0.2, 0.25) is 0 Å². The van der Waals surface area contributed by atoms with Crippen LogP contribution in [0.1, 0.15) is 0 Å². The van der Waals surface area contributed by atoms with Gasteiger partial charge in [0, 0.05) is 0 Å². The molecule has 0 spiro atoms. The molecule has 90 valence electrons. The van der Waals surface area contributed by atoms with E-state index in [2.05, 4.69) is 13.7 Å². The number of hydrogen-bond donors (Lipinski definition) is 3. The summed E-state index contributed by atoms with van der Waals surface area (Å²) in [5, 5.41) is 21.2. The van der Waals surface area contributed by atoms with Gasteiger partial charge in [-0.2, -0.15) is 0 Å². The van der Waals surface area contributed by atoms with Crippen molar-refractivity contribution in [3.8, 4) is 0 Å². The molecule has 0 aromatic rings. The predicted molar refractivity (Wildman–Crippen MR) is 30.5 cm³/mol. The minimum absolute atomic E-state index is 0. The third-order valence-electron chi connectivity index (χ3n) is 0.224. The first-order valence-corrected chi connectivity index (χ1v) is 6.06. The molecule has 0 heterocycles. The molecular formula is H3LaO12Si3. The van der Waals surface area contributed by atoms with Gasteiger partial charge in [-0.25, -0.2) is 0 Å². The predicted octanol–water partition coefficient (Wildman–Crippen LogP) is -5.24. The summed E-state index contributed by atoms with van der Waals surface area (Å²) in [6, 6.07) is 0. The van der Waals surface area contributed by atoms with Crippen molar-refractivity contribution in [2.24, 2.45) is 0 Å². The van der Waals surface area contributed by atoms with Crippen molar-refractivity contribution in [1.29, 1.82) is 0 Å². The van der Waals surface area contributed by atoms with Gasteiger partial charge in [0.2, 0.25) is 0 Å². The van der Waals surface area contributed by atoms with Gasteiger partial charge in [-0.1, -0.05) is 0 Å². The smallest absolute Gasteiger partial charge is 0.478 e. The van der Waals surface area contributed by atoms with Crippen LogP contribution in [0.15, 0.2) is 0 Å². The van der Waals surface area contributed by atoms with Crippen molar-refractivity contribution in [1.82, 2.24) is 0 Å². The normalized spacial score (nSPS) is 6.19. The Balaban J connectivity index is -0.0000000655. The largest absolute Gasteiger partial charge is 3.00 e. The van der Waals surface area contributed by atoms with E-state index in [-0.39, 0.29) is 35.6 Å². The van der Waals surface area contributed by atoms with Crippen molar-refractivity contribution in [3.63, 3.8) is 0 Å². The van der Waals surface area contributed by atoms with E-state index in [1.807, 2.05) is 0 Å². The SMILES string of the molecule is O=[Si]([O-])OO.O=[Si]([O-])OO.O=[Si]([O-])OO.[La+3]. The summed E-state index contributed by atoms with van der Waals surface area (Å²) in [5.41, 5.74) is 0. The fraction of sp³-hybridized carbons (Fsp3) is 0. The maximum Gasteiger partial charge on any atom is 3.00 e. The van der Waals surface area contributed by atoms with Gasteiger partial charge in [0.25, 0.3) is 0 Å². The summed E-state index contributed by atoms with van der Waals surface area (Å²) in [4.78, 5) is 26.9. The van der Waals surface area contributed by atoms with Crippen molar-refractivity contribution < 1.29 is 92.9 Å². The Hall–Kier alpha value is -0.0745. The summed E-state index contributed by atoms with van der Waals surface area (Å²) >= 11 is 0. The molecule has 0 saturated heterocycles. The molecule has 0 aliphatic heterocycles. The van der Waals surface area contributed by atoms with Gasteiger partial charge in [0.15, 0.2) is 0 Å². The van der Waals surface area contributed by atoms with E-state index in [9.17, 15) is 0 Å². The monoisotopic (exact) mass is 418 g/mol. The molecule has 16 heavy (non-hydrogen) atoms. The molecule has 0 rings (SSSR count). The minimum atomic E-state index is -3.32. The van der Waals surface area contributed by atoms with Crippen LogP contribution in [0.4, 0.5) is 0 Å². The first kappa shape index (κ1) is 24.9. The molecule has 0 fully saturated rings. The maximum absolute atomic E-state index is 8.97. The van der Waals surface area contributed by atoms with Crippen molar-refractivity contribution in [2.75, 3.05) is 0 Å². The van der Waals surface area contributed by atoms with E-state index < -0.39 is 27.5 Å². The van der Waals surface area contributed by atoms with Crippen molar-refractivity contribution in [3.05, 3.63) is 0 Å².